The van der Waals surface area contributed by atoms with Crippen molar-refractivity contribution in [2.24, 2.45) is 0 Å². The van der Waals surface area contributed by atoms with E-state index in [9.17, 15) is 0 Å². The van der Waals surface area contributed by atoms with Crippen LogP contribution in [0.5, 0.6) is 0 Å². The van der Waals surface area contributed by atoms with Gasteiger partial charge in [0.1, 0.15) is 0 Å². The second-order valence-corrected chi connectivity index (χ2v) is 4.47. The molecule has 0 saturated heterocycles. The Kier molecular flexibility index (Phi) is 5.41. The molecule has 98 valence electrons. The van der Waals surface area contributed by atoms with Crippen molar-refractivity contribution in [3.8, 4) is 0 Å². The fourth-order valence-corrected chi connectivity index (χ4v) is 1.45. The standard InChI is InChI=1S/C12H24N4O/c1-6-8-13-10(4)11-14-15-12(17-11)16(5)9(3)7-2/h9-10,13H,6-8H2,1-5H3. The molecule has 0 fully saturated rings. The molecule has 0 aliphatic rings. The van der Waals surface area contributed by atoms with Crippen LogP contribution >= 0.6 is 0 Å². The lowest BCUT2D eigenvalue weighted by atomic mass is 10.2. The first-order valence-corrected chi connectivity index (χ1v) is 6.39. The van der Waals surface area contributed by atoms with Crippen molar-refractivity contribution < 1.29 is 4.42 Å². The van der Waals surface area contributed by atoms with Crippen LogP contribution in [0.15, 0.2) is 4.42 Å². The highest BCUT2D eigenvalue weighted by molar-refractivity contribution is 5.24. The zero-order valence-electron chi connectivity index (χ0n) is 11.5. The zero-order valence-corrected chi connectivity index (χ0v) is 11.5. The van der Waals surface area contributed by atoms with E-state index in [1.807, 2.05) is 18.9 Å². The molecule has 1 aromatic heterocycles. The van der Waals surface area contributed by atoms with Crippen molar-refractivity contribution in [2.45, 2.75) is 52.6 Å². The number of hydrogen-bond acceptors (Lipinski definition) is 5. The van der Waals surface area contributed by atoms with Gasteiger partial charge in [-0.1, -0.05) is 18.9 Å². The van der Waals surface area contributed by atoms with Gasteiger partial charge < -0.3 is 14.6 Å². The minimum atomic E-state index is 0.113. The Morgan fingerprint density at radius 3 is 2.59 bits per heavy atom. The van der Waals surface area contributed by atoms with Crippen LogP contribution < -0.4 is 10.2 Å². The molecule has 0 radical (unpaired) electrons. The monoisotopic (exact) mass is 240 g/mol. The number of rotatable bonds is 7. The first-order valence-electron chi connectivity index (χ1n) is 6.39. The smallest absolute Gasteiger partial charge is 0.318 e. The van der Waals surface area contributed by atoms with Gasteiger partial charge in [0.25, 0.3) is 0 Å². The third-order valence-corrected chi connectivity index (χ3v) is 3.05. The summed E-state index contributed by atoms with van der Waals surface area (Å²) in [6.07, 6.45) is 2.15. The lowest BCUT2D eigenvalue weighted by Crippen LogP contribution is -2.28. The lowest BCUT2D eigenvalue weighted by molar-refractivity contribution is 0.411. The van der Waals surface area contributed by atoms with Crippen molar-refractivity contribution in [3.63, 3.8) is 0 Å². The Labute approximate surface area is 104 Å². The fraction of sp³-hybridized carbons (Fsp3) is 0.833. The first-order chi connectivity index (χ1) is 8.10. The van der Waals surface area contributed by atoms with E-state index in [1.54, 1.807) is 0 Å². The predicted octanol–water partition coefficient (Wildman–Crippen LogP) is 2.36. The molecule has 2 atom stereocenters. The van der Waals surface area contributed by atoms with Crippen molar-refractivity contribution in [2.75, 3.05) is 18.5 Å². The Morgan fingerprint density at radius 2 is 2.00 bits per heavy atom. The van der Waals surface area contributed by atoms with Crippen molar-refractivity contribution >= 4 is 6.01 Å². The highest BCUT2D eigenvalue weighted by atomic mass is 16.4. The number of anilines is 1. The third kappa shape index (κ3) is 3.70. The van der Waals surface area contributed by atoms with Crippen molar-refractivity contribution in [3.05, 3.63) is 5.89 Å². The van der Waals surface area contributed by atoms with Gasteiger partial charge >= 0.3 is 6.01 Å². The molecular weight excluding hydrogens is 216 g/mol. The fourth-order valence-electron chi connectivity index (χ4n) is 1.45. The largest absolute Gasteiger partial charge is 0.406 e. The molecule has 0 aliphatic heterocycles. The molecule has 1 aromatic rings. The number of nitrogens with one attached hydrogen (secondary N) is 1. The molecule has 1 N–H and O–H groups in total. The second-order valence-electron chi connectivity index (χ2n) is 4.47. The quantitative estimate of drug-likeness (QED) is 0.793. The third-order valence-electron chi connectivity index (χ3n) is 3.05. The zero-order chi connectivity index (χ0) is 12.8. The van der Waals surface area contributed by atoms with E-state index in [2.05, 4.69) is 36.3 Å². The molecule has 0 amide bonds. The first kappa shape index (κ1) is 14.0. The SMILES string of the molecule is CCCNC(C)c1nnc(N(C)C(C)CC)o1. The number of aromatic nitrogens is 2. The van der Waals surface area contributed by atoms with E-state index < -0.39 is 0 Å². The average Bonchev–Trinajstić information content (AvgIpc) is 2.83. The summed E-state index contributed by atoms with van der Waals surface area (Å²) in [6.45, 7) is 9.42. The minimum absolute atomic E-state index is 0.113. The summed E-state index contributed by atoms with van der Waals surface area (Å²) in [6, 6.07) is 1.11. The summed E-state index contributed by atoms with van der Waals surface area (Å²) in [5, 5.41) is 11.5. The summed E-state index contributed by atoms with van der Waals surface area (Å²) < 4.78 is 5.67. The maximum Gasteiger partial charge on any atom is 0.318 e. The van der Waals surface area contributed by atoms with Gasteiger partial charge in [-0.15, -0.1) is 5.10 Å². The van der Waals surface area contributed by atoms with Crippen LogP contribution in [-0.4, -0.2) is 29.8 Å². The van der Waals surface area contributed by atoms with Crippen LogP contribution in [0.1, 0.15) is 52.5 Å². The van der Waals surface area contributed by atoms with Crippen LogP contribution in [0.2, 0.25) is 0 Å². The molecule has 2 unspecified atom stereocenters. The Balaban J connectivity index is 2.64. The molecule has 5 heteroatoms. The summed E-state index contributed by atoms with van der Waals surface area (Å²) in [4.78, 5) is 2.02. The Morgan fingerprint density at radius 1 is 1.29 bits per heavy atom. The molecular formula is C12H24N4O. The Hall–Kier alpha value is -1.10. The van der Waals surface area contributed by atoms with Crippen LogP contribution in [0.25, 0.3) is 0 Å². The van der Waals surface area contributed by atoms with Gasteiger partial charge in [0.05, 0.1) is 6.04 Å². The van der Waals surface area contributed by atoms with Crippen molar-refractivity contribution in [1.29, 1.82) is 0 Å². The summed E-state index contributed by atoms with van der Waals surface area (Å²) in [5.41, 5.74) is 0. The molecule has 0 spiro atoms. The van der Waals surface area contributed by atoms with E-state index >= 15 is 0 Å². The van der Waals surface area contributed by atoms with Crippen LogP contribution in [0.4, 0.5) is 6.01 Å². The number of hydrogen-bond donors (Lipinski definition) is 1. The van der Waals surface area contributed by atoms with Gasteiger partial charge in [0.15, 0.2) is 0 Å². The predicted molar refractivity (Wildman–Crippen MR) is 69.2 cm³/mol. The van der Waals surface area contributed by atoms with Gasteiger partial charge in [-0.25, -0.2) is 0 Å². The molecule has 0 bridgehead atoms. The summed E-state index contributed by atoms with van der Waals surface area (Å²) in [7, 11) is 1.98. The highest BCUT2D eigenvalue weighted by Gasteiger charge is 2.17. The van der Waals surface area contributed by atoms with Crippen LogP contribution in [0.3, 0.4) is 0 Å². The normalized spacial score (nSPS) is 14.6. The molecule has 0 aliphatic carbocycles. The summed E-state index contributed by atoms with van der Waals surface area (Å²) >= 11 is 0. The van der Waals surface area contributed by atoms with Gasteiger partial charge in [0.2, 0.25) is 5.89 Å². The Bertz CT molecular complexity index is 326. The number of nitrogens with zero attached hydrogens (tertiary/aromatic N) is 3. The molecule has 1 rings (SSSR count). The maximum atomic E-state index is 5.67. The molecule has 1 heterocycles. The van der Waals surface area contributed by atoms with E-state index in [1.165, 1.54) is 0 Å². The average molecular weight is 240 g/mol. The van der Waals surface area contributed by atoms with Gasteiger partial charge in [-0.3, -0.25) is 0 Å². The highest BCUT2D eigenvalue weighted by Crippen LogP contribution is 2.18. The van der Waals surface area contributed by atoms with Crippen molar-refractivity contribution in [1.82, 2.24) is 15.5 Å². The van der Waals surface area contributed by atoms with Gasteiger partial charge in [-0.2, -0.15) is 0 Å². The molecule has 0 aromatic carbocycles. The second kappa shape index (κ2) is 6.59. The molecule has 0 saturated carbocycles. The topological polar surface area (TPSA) is 54.2 Å². The van der Waals surface area contributed by atoms with Gasteiger partial charge in [0, 0.05) is 13.1 Å². The van der Waals surface area contributed by atoms with E-state index in [-0.39, 0.29) is 6.04 Å². The van der Waals surface area contributed by atoms with E-state index in [0.717, 1.165) is 19.4 Å². The lowest BCUT2D eigenvalue weighted by Gasteiger charge is -2.20. The minimum Gasteiger partial charge on any atom is -0.406 e. The van der Waals surface area contributed by atoms with E-state index in [0.29, 0.717) is 17.9 Å². The van der Waals surface area contributed by atoms with Gasteiger partial charge in [-0.05, 0) is 33.2 Å². The van der Waals surface area contributed by atoms with Crippen LogP contribution in [-0.2, 0) is 0 Å². The summed E-state index contributed by atoms with van der Waals surface area (Å²) in [5.74, 6) is 0.656. The van der Waals surface area contributed by atoms with E-state index in [4.69, 9.17) is 4.42 Å². The molecule has 5 nitrogen and oxygen atoms in total. The maximum absolute atomic E-state index is 5.67. The van der Waals surface area contributed by atoms with Crippen LogP contribution in [0, 0.1) is 0 Å². The molecule has 17 heavy (non-hydrogen) atoms.